The zero-order chi connectivity index (χ0) is 21.7. The number of rotatable bonds is 9. The van der Waals surface area contributed by atoms with Crippen LogP contribution in [0.15, 0.2) is 29.0 Å². The van der Waals surface area contributed by atoms with E-state index in [-0.39, 0.29) is 17.6 Å². The van der Waals surface area contributed by atoms with E-state index in [1.807, 2.05) is 18.9 Å². The average molecular weight is 424 g/mol. The molecule has 0 aliphatic carbocycles. The van der Waals surface area contributed by atoms with Crippen LogP contribution in [0.1, 0.15) is 36.7 Å². The number of alkyl halides is 3. The van der Waals surface area contributed by atoms with Crippen molar-refractivity contribution in [3.05, 3.63) is 41.5 Å². The van der Waals surface area contributed by atoms with Gasteiger partial charge in [-0.05, 0) is 25.0 Å². The lowest BCUT2D eigenvalue weighted by Crippen LogP contribution is -2.21. The van der Waals surface area contributed by atoms with E-state index in [1.54, 1.807) is 12.3 Å². The fourth-order valence-electron chi connectivity index (χ4n) is 3.09. The molecule has 0 unspecified atom stereocenters. The highest BCUT2D eigenvalue weighted by Crippen LogP contribution is 2.38. The summed E-state index contributed by atoms with van der Waals surface area (Å²) in [7, 11) is 1.87. The fourth-order valence-corrected chi connectivity index (χ4v) is 3.09. The van der Waals surface area contributed by atoms with Gasteiger partial charge in [0, 0.05) is 19.2 Å². The topological polar surface area (TPSA) is 84.5 Å². The number of aryl methyl sites for hydroxylation is 1. The number of ether oxygens (including phenoxy) is 1. The first kappa shape index (κ1) is 21.8. The van der Waals surface area contributed by atoms with Gasteiger partial charge in [0.2, 0.25) is 0 Å². The number of aromatic nitrogens is 3. The second-order valence-corrected chi connectivity index (χ2v) is 6.85. The van der Waals surface area contributed by atoms with Gasteiger partial charge in [-0.3, -0.25) is 4.98 Å². The lowest BCUT2D eigenvalue weighted by atomic mass is 10.0. The van der Waals surface area contributed by atoms with Gasteiger partial charge in [-0.15, -0.1) is 0 Å². The Morgan fingerprint density at radius 1 is 1.20 bits per heavy atom. The molecular formula is C20H23F3N4O3. The van der Waals surface area contributed by atoms with E-state index < -0.39 is 11.9 Å². The van der Waals surface area contributed by atoms with Gasteiger partial charge in [0.15, 0.2) is 11.3 Å². The Bertz CT molecular complexity index is 974. The number of halogens is 3. The molecule has 3 aromatic rings. The minimum atomic E-state index is -4.57. The molecule has 2 heterocycles. The van der Waals surface area contributed by atoms with Crippen molar-refractivity contribution in [2.75, 3.05) is 25.1 Å². The zero-order valence-corrected chi connectivity index (χ0v) is 16.7. The third-order valence-electron chi connectivity index (χ3n) is 4.61. The van der Waals surface area contributed by atoms with Gasteiger partial charge in [-0.2, -0.15) is 13.2 Å². The number of benzene rings is 1. The van der Waals surface area contributed by atoms with Crippen molar-refractivity contribution in [3.63, 3.8) is 0 Å². The Kier molecular flexibility index (Phi) is 6.76. The van der Waals surface area contributed by atoms with Crippen molar-refractivity contribution in [2.45, 2.75) is 39.0 Å². The summed E-state index contributed by atoms with van der Waals surface area (Å²) in [5, 5.41) is 12.2. The first-order chi connectivity index (χ1) is 14.3. The number of hydrogen-bond acceptors (Lipinski definition) is 7. The SMILES string of the molecule is CCCc1c(OCCCN(C)c2cnc(CO)cn2)ccc2c(C(F)(F)F)noc12. The van der Waals surface area contributed by atoms with Crippen molar-refractivity contribution in [1.82, 2.24) is 15.1 Å². The molecule has 7 nitrogen and oxygen atoms in total. The molecule has 0 radical (unpaired) electrons. The first-order valence-electron chi connectivity index (χ1n) is 9.59. The summed E-state index contributed by atoms with van der Waals surface area (Å²) < 4.78 is 50.2. The zero-order valence-electron chi connectivity index (χ0n) is 16.7. The molecule has 0 saturated carbocycles. The molecule has 1 aromatic carbocycles. The lowest BCUT2D eigenvalue weighted by molar-refractivity contribution is -0.141. The number of fused-ring (bicyclic) bond motifs is 1. The molecule has 0 spiro atoms. The molecule has 3 rings (SSSR count). The lowest BCUT2D eigenvalue weighted by Gasteiger charge is -2.18. The molecule has 0 amide bonds. The standard InChI is InChI=1S/C20H23F3N4O3/c1-3-5-14-16(7-6-15-18(14)30-26-19(15)20(21,22)23)29-9-4-8-27(2)17-11-24-13(12-28)10-25-17/h6-7,10-11,28H,3-5,8-9,12H2,1-2H3. The quantitative estimate of drug-likeness (QED) is 0.520. The van der Waals surface area contributed by atoms with Crippen LogP contribution in [-0.2, 0) is 19.2 Å². The third-order valence-corrected chi connectivity index (χ3v) is 4.61. The summed E-state index contributed by atoms with van der Waals surface area (Å²) in [6.45, 7) is 2.78. The number of hydrogen-bond donors (Lipinski definition) is 1. The van der Waals surface area contributed by atoms with Crippen LogP contribution in [0.25, 0.3) is 11.0 Å². The Morgan fingerprint density at radius 2 is 2.00 bits per heavy atom. The molecule has 1 N–H and O–H groups in total. The Morgan fingerprint density at radius 3 is 2.63 bits per heavy atom. The maximum absolute atomic E-state index is 13.1. The monoisotopic (exact) mass is 424 g/mol. The highest BCUT2D eigenvalue weighted by atomic mass is 19.4. The molecule has 0 bridgehead atoms. The summed E-state index contributed by atoms with van der Waals surface area (Å²) in [4.78, 5) is 10.2. The van der Waals surface area contributed by atoms with Crippen LogP contribution in [0.5, 0.6) is 5.75 Å². The number of anilines is 1. The number of nitrogens with zero attached hydrogens (tertiary/aromatic N) is 4. The summed E-state index contributed by atoms with van der Waals surface area (Å²) >= 11 is 0. The van der Waals surface area contributed by atoms with Gasteiger partial charge in [-0.1, -0.05) is 18.5 Å². The molecule has 2 aromatic heterocycles. The van der Waals surface area contributed by atoms with Crippen molar-refractivity contribution < 1.29 is 27.5 Å². The largest absolute Gasteiger partial charge is 0.493 e. The van der Waals surface area contributed by atoms with Gasteiger partial charge in [0.05, 0.1) is 36.7 Å². The van der Waals surface area contributed by atoms with Gasteiger partial charge >= 0.3 is 6.18 Å². The van der Waals surface area contributed by atoms with Crippen molar-refractivity contribution in [1.29, 1.82) is 0 Å². The molecule has 162 valence electrons. The summed E-state index contributed by atoms with van der Waals surface area (Å²) in [6, 6.07) is 2.89. The summed E-state index contributed by atoms with van der Waals surface area (Å²) in [5.74, 6) is 1.17. The van der Waals surface area contributed by atoms with Crippen molar-refractivity contribution in [3.8, 4) is 5.75 Å². The van der Waals surface area contributed by atoms with Crippen LogP contribution >= 0.6 is 0 Å². The Labute approximate surface area is 171 Å². The van der Waals surface area contributed by atoms with Gasteiger partial charge < -0.3 is 19.3 Å². The van der Waals surface area contributed by atoms with E-state index in [4.69, 9.17) is 14.4 Å². The molecule has 0 aliphatic rings. The Hall–Kier alpha value is -2.88. The molecule has 0 fully saturated rings. The first-order valence-corrected chi connectivity index (χ1v) is 9.59. The van der Waals surface area contributed by atoms with Crippen molar-refractivity contribution in [2.24, 2.45) is 0 Å². The van der Waals surface area contributed by atoms with Crippen LogP contribution in [0, 0.1) is 0 Å². The normalized spacial score (nSPS) is 11.8. The molecule has 10 heteroatoms. The van der Waals surface area contributed by atoms with Crippen LogP contribution in [-0.4, -0.2) is 40.4 Å². The van der Waals surface area contributed by atoms with E-state index in [0.29, 0.717) is 48.8 Å². The second-order valence-electron chi connectivity index (χ2n) is 6.85. The van der Waals surface area contributed by atoms with E-state index in [2.05, 4.69) is 15.1 Å². The smallest absolute Gasteiger partial charge is 0.437 e. The average Bonchev–Trinajstić information content (AvgIpc) is 3.17. The molecule has 0 saturated heterocycles. The summed E-state index contributed by atoms with van der Waals surface area (Å²) in [6.07, 6.45) is 0.436. The predicted octanol–water partition coefficient (Wildman–Crippen LogP) is 3.99. The highest BCUT2D eigenvalue weighted by molar-refractivity contribution is 5.85. The molecular weight excluding hydrogens is 401 g/mol. The van der Waals surface area contributed by atoms with E-state index in [0.717, 1.165) is 6.42 Å². The van der Waals surface area contributed by atoms with E-state index in [1.165, 1.54) is 12.3 Å². The van der Waals surface area contributed by atoms with Gasteiger partial charge in [-0.25, -0.2) is 4.98 Å². The van der Waals surface area contributed by atoms with E-state index >= 15 is 0 Å². The van der Waals surface area contributed by atoms with Crippen LogP contribution in [0.3, 0.4) is 0 Å². The number of aliphatic hydroxyl groups excluding tert-OH is 1. The van der Waals surface area contributed by atoms with Crippen LogP contribution < -0.4 is 9.64 Å². The Balaban J connectivity index is 1.65. The van der Waals surface area contributed by atoms with Gasteiger partial charge in [0.25, 0.3) is 0 Å². The number of aliphatic hydroxyl groups is 1. The fraction of sp³-hybridized carbons (Fsp3) is 0.450. The second kappa shape index (κ2) is 9.29. The summed E-state index contributed by atoms with van der Waals surface area (Å²) in [5.41, 5.74) is 0.196. The molecule has 0 aliphatic heterocycles. The maximum atomic E-state index is 13.1. The van der Waals surface area contributed by atoms with Crippen LogP contribution in [0.2, 0.25) is 0 Å². The predicted molar refractivity (Wildman–Crippen MR) is 104 cm³/mol. The molecule has 0 atom stereocenters. The minimum Gasteiger partial charge on any atom is -0.493 e. The minimum absolute atomic E-state index is 0.0528. The van der Waals surface area contributed by atoms with Crippen molar-refractivity contribution >= 4 is 16.8 Å². The third kappa shape index (κ3) is 4.81. The maximum Gasteiger partial charge on any atom is 0.437 e. The molecule has 30 heavy (non-hydrogen) atoms. The van der Waals surface area contributed by atoms with Gasteiger partial charge in [0.1, 0.15) is 11.6 Å². The highest BCUT2D eigenvalue weighted by Gasteiger charge is 2.37. The van der Waals surface area contributed by atoms with E-state index in [9.17, 15) is 13.2 Å². The van der Waals surface area contributed by atoms with Crippen LogP contribution in [0.4, 0.5) is 19.0 Å².